The molecule has 1 aliphatic carbocycles. The molecule has 49 heavy (non-hydrogen) atoms. The van der Waals surface area contributed by atoms with E-state index in [-0.39, 0.29) is 12.6 Å². The van der Waals surface area contributed by atoms with Gasteiger partial charge in [-0.25, -0.2) is 4.79 Å². The summed E-state index contributed by atoms with van der Waals surface area (Å²) in [6.07, 6.45) is 28.4. The number of hydrogen-bond acceptors (Lipinski definition) is 5. The van der Waals surface area contributed by atoms with Crippen molar-refractivity contribution in [3.63, 3.8) is 0 Å². The van der Waals surface area contributed by atoms with E-state index in [9.17, 15) is 4.79 Å². The van der Waals surface area contributed by atoms with Crippen LogP contribution in [0.3, 0.4) is 0 Å². The summed E-state index contributed by atoms with van der Waals surface area (Å²) in [4.78, 5) is 21.2. The Bertz CT molecular complexity index is 1290. The van der Waals surface area contributed by atoms with Crippen LogP contribution in [0.25, 0.3) is 11.4 Å². The number of allylic oxidation sites excluding steroid dienone is 4. The van der Waals surface area contributed by atoms with E-state index in [0.717, 1.165) is 65.9 Å². The number of benzene rings is 2. The van der Waals surface area contributed by atoms with Crippen molar-refractivity contribution >= 4 is 24.0 Å². The van der Waals surface area contributed by atoms with E-state index in [1.165, 1.54) is 77.0 Å². The van der Waals surface area contributed by atoms with Gasteiger partial charge in [0.15, 0.2) is 0 Å². The molecule has 0 aromatic heterocycles. The maximum atomic E-state index is 12.9. The van der Waals surface area contributed by atoms with Crippen LogP contribution in [0.2, 0.25) is 0 Å². The van der Waals surface area contributed by atoms with Gasteiger partial charge < -0.3 is 26.2 Å². The third kappa shape index (κ3) is 16.8. The van der Waals surface area contributed by atoms with Gasteiger partial charge in [0.25, 0.3) is 6.47 Å². The van der Waals surface area contributed by atoms with Crippen molar-refractivity contribution in [2.45, 2.75) is 129 Å². The second kappa shape index (κ2) is 26.9. The molecule has 0 heterocycles. The maximum absolute atomic E-state index is 12.9. The fourth-order valence-electron chi connectivity index (χ4n) is 6.09. The van der Waals surface area contributed by atoms with E-state index in [1.807, 2.05) is 24.3 Å². The van der Waals surface area contributed by atoms with Crippen LogP contribution in [-0.4, -0.2) is 30.8 Å². The van der Waals surface area contributed by atoms with Gasteiger partial charge in [-0.3, -0.25) is 4.79 Å². The molecular weight excluding hydrogens is 610 g/mol. The van der Waals surface area contributed by atoms with Gasteiger partial charge in [-0.15, -0.1) is 0 Å². The third-order valence-electron chi connectivity index (χ3n) is 8.79. The monoisotopic (exact) mass is 673 g/mol. The van der Waals surface area contributed by atoms with Crippen LogP contribution in [0.4, 0.5) is 4.79 Å². The van der Waals surface area contributed by atoms with E-state index < -0.39 is 6.10 Å². The minimum Gasteiger partial charge on any atom is -0.483 e. The lowest BCUT2D eigenvalue weighted by molar-refractivity contribution is -0.122. The first-order valence-electron chi connectivity index (χ1n) is 18.8. The summed E-state index contributed by atoms with van der Waals surface area (Å²) in [5.74, 6) is 0. The Kier molecular flexibility index (Phi) is 22.6. The van der Waals surface area contributed by atoms with Crippen LogP contribution in [-0.2, 0) is 16.0 Å². The number of fused-ring (bicyclic) bond motifs is 2. The molecule has 0 radical (unpaired) electrons. The Morgan fingerprint density at radius 3 is 2.04 bits per heavy atom. The first-order valence-corrected chi connectivity index (χ1v) is 18.8. The quantitative estimate of drug-likeness (QED) is 0.0562. The van der Waals surface area contributed by atoms with Crippen molar-refractivity contribution in [1.82, 2.24) is 10.6 Å². The number of nitrogens with two attached hydrogens (primary N) is 1. The molecule has 270 valence electrons. The molecule has 7 heteroatoms. The number of ether oxygens (including phenoxy) is 1. The lowest BCUT2D eigenvalue weighted by Crippen LogP contribution is -2.29. The molecule has 0 fully saturated rings. The average molecular weight is 674 g/mol. The van der Waals surface area contributed by atoms with E-state index in [2.05, 4.69) is 73.1 Å². The summed E-state index contributed by atoms with van der Waals surface area (Å²) < 4.78 is 6.09. The van der Waals surface area contributed by atoms with Crippen LogP contribution < -0.4 is 16.4 Å². The van der Waals surface area contributed by atoms with Crippen LogP contribution in [0.1, 0.15) is 145 Å². The minimum atomic E-state index is -0.403. The zero-order chi connectivity index (χ0) is 35.4. The molecule has 3 rings (SSSR count). The maximum Gasteiger partial charge on any atom is 0.407 e. The smallest absolute Gasteiger partial charge is 0.407 e. The van der Waals surface area contributed by atoms with Crippen molar-refractivity contribution in [2.24, 2.45) is 5.73 Å². The number of carboxylic acid groups (broad SMARTS) is 1. The lowest BCUT2D eigenvalue weighted by Gasteiger charge is -2.27. The predicted molar refractivity (Wildman–Crippen MR) is 205 cm³/mol. The SMILES string of the molecule is CCCCC/C=C\C/C=C\CCCCCCCCN/C1=C(\N)c2ccccc2CC(OC(=O)NCCCCCC)c2ccccc21.O=CO. The largest absolute Gasteiger partial charge is 0.483 e. The number of carbonyl (C=O) groups excluding carboxylic acids is 1. The van der Waals surface area contributed by atoms with Gasteiger partial charge in [-0.05, 0) is 50.5 Å². The first-order chi connectivity index (χ1) is 24.1. The van der Waals surface area contributed by atoms with Crippen LogP contribution >= 0.6 is 0 Å². The van der Waals surface area contributed by atoms with Gasteiger partial charge in [0.05, 0.1) is 11.4 Å². The number of amides is 1. The summed E-state index contributed by atoms with van der Waals surface area (Å²) in [6, 6.07) is 16.4. The second-order valence-electron chi connectivity index (χ2n) is 12.7. The van der Waals surface area contributed by atoms with Crippen molar-refractivity contribution < 1.29 is 19.4 Å². The topological polar surface area (TPSA) is 114 Å². The molecule has 0 saturated heterocycles. The number of nitrogens with one attached hydrogen (secondary N) is 2. The van der Waals surface area contributed by atoms with Gasteiger partial charge >= 0.3 is 6.09 Å². The number of hydrogen-bond donors (Lipinski definition) is 4. The Labute approximate surface area is 296 Å². The molecule has 7 nitrogen and oxygen atoms in total. The lowest BCUT2D eigenvalue weighted by atomic mass is 9.88. The normalized spacial score (nSPS) is 15.4. The molecule has 1 atom stereocenters. The van der Waals surface area contributed by atoms with E-state index in [0.29, 0.717) is 13.0 Å². The standard InChI is InChI=1S/C41H61N3O2.CH2O2/c1-3-5-7-9-10-11-12-13-14-15-16-17-18-19-20-26-31-43-40-37-30-24-23-29-36(37)38(46-41(45)44-32-25-8-6-4-2)33-34-27-21-22-28-35(34)39(40)42;2-1-3/h10-11,13-14,21-24,27-30,38,43H,3-9,12,15-20,25-26,31-33,42H2,1-2H3,(H,44,45);1H,(H,2,3)/b11-10-,14-13-,40-39-;. The molecule has 0 aliphatic heterocycles. The molecule has 1 amide bonds. The minimum absolute atomic E-state index is 0.250. The van der Waals surface area contributed by atoms with Crippen molar-refractivity contribution in [1.29, 1.82) is 0 Å². The van der Waals surface area contributed by atoms with Gasteiger partial charge in [-0.1, -0.05) is 144 Å². The average Bonchev–Trinajstić information content (AvgIpc) is 3.11. The Morgan fingerprint density at radius 2 is 1.33 bits per heavy atom. The molecule has 2 aromatic carbocycles. The second-order valence-corrected chi connectivity index (χ2v) is 12.7. The predicted octanol–water partition coefficient (Wildman–Crippen LogP) is 10.5. The zero-order valence-electron chi connectivity index (χ0n) is 30.3. The van der Waals surface area contributed by atoms with Gasteiger partial charge in [0, 0.05) is 36.2 Å². The molecule has 0 saturated carbocycles. The zero-order valence-corrected chi connectivity index (χ0v) is 30.3. The van der Waals surface area contributed by atoms with Crippen molar-refractivity contribution in [2.75, 3.05) is 13.1 Å². The van der Waals surface area contributed by atoms with Crippen LogP contribution in [0.15, 0.2) is 72.8 Å². The first kappa shape index (κ1) is 41.2. The molecule has 5 N–H and O–H groups in total. The van der Waals surface area contributed by atoms with E-state index in [1.54, 1.807) is 0 Å². The molecule has 0 bridgehead atoms. The number of alkyl carbamates (subject to hydrolysis) is 1. The highest BCUT2D eigenvalue weighted by Gasteiger charge is 2.27. The van der Waals surface area contributed by atoms with Crippen LogP contribution in [0.5, 0.6) is 0 Å². The molecule has 2 aromatic rings. The Morgan fingerprint density at radius 1 is 0.776 bits per heavy atom. The summed E-state index contributed by atoms with van der Waals surface area (Å²) in [5.41, 5.74) is 12.7. The Balaban J connectivity index is 0.00000267. The van der Waals surface area contributed by atoms with Gasteiger partial charge in [0.2, 0.25) is 0 Å². The highest BCUT2D eigenvalue weighted by Crippen LogP contribution is 2.36. The highest BCUT2D eigenvalue weighted by atomic mass is 16.6. The summed E-state index contributed by atoms with van der Waals surface area (Å²) in [5, 5.41) is 13.6. The van der Waals surface area contributed by atoms with Gasteiger partial charge in [0.1, 0.15) is 6.10 Å². The van der Waals surface area contributed by atoms with Gasteiger partial charge in [-0.2, -0.15) is 0 Å². The summed E-state index contributed by atoms with van der Waals surface area (Å²) in [6.45, 7) is 5.68. The van der Waals surface area contributed by atoms with E-state index >= 15 is 0 Å². The number of carbonyl (C=O) groups is 2. The third-order valence-corrected chi connectivity index (χ3v) is 8.79. The number of rotatable bonds is 22. The van der Waals surface area contributed by atoms with Crippen molar-refractivity contribution in [3.8, 4) is 0 Å². The highest BCUT2D eigenvalue weighted by molar-refractivity contribution is 5.91. The molecule has 1 unspecified atom stereocenters. The Hall–Kier alpha value is -4.00. The number of unbranched alkanes of at least 4 members (excludes halogenated alkanes) is 12. The molecule has 1 aliphatic rings. The fourth-order valence-corrected chi connectivity index (χ4v) is 6.09. The summed E-state index contributed by atoms with van der Waals surface area (Å²) >= 11 is 0. The molecular formula is C42H63N3O4. The molecule has 0 spiro atoms. The summed E-state index contributed by atoms with van der Waals surface area (Å²) in [7, 11) is 0. The van der Waals surface area contributed by atoms with Crippen LogP contribution in [0, 0.1) is 0 Å². The fraction of sp³-hybridized carbons (Fsp3) is 0.524. The van der Waals surface area contributed by atoms with Crippen molar-refractivity contribution in [3.05, 3.63) is 95.1 Å². The van der Waals surface area contributed by atoms with E-state index in [4.69, 9.17) is 20.4 Å².